The van der Waals surface area contributed by atoms with Crippen LogP contribution >= 0.6 is 0 Å². The molecule has 130 valence electrons. The molecule has 1 aliphatic carbocycles. The minimum atomic E-state index is -3.69. The lowest BCUT2D eigenvalue weighted by atomic mass is 9.72. The van der Waals surface area contributed by atoms with Crippen molar-refractivity contribution in [2.45, 2.75) is 38.0 Å². The molecule has 1 aliphatic rings. The van der Waals surface area contributed by atoms with Gasteiger partial charge in [0.15, 0.2) is 0 Å². The lowest BCUT2D eigenvalue weighted by Crippen LogP contribution is -2.38. The molecule has 2 N–H and O–H groups in total. The summed E-state index contributed by atoms with van der Waals surface area (Å²) >= 11 is 0. The molecule has 24 heavy (non-hydrogen) atoms. The Morgan fingerprint density at radius 2 is 1.71 bits per heavy atom. The first-order valence-corrected chi connectivity index (χ1v) is 9.30. The lowest BCUT2D eigenvalue weighted by Gasteiger charge is -2.30. The van der Waals surface area contributed by atoms with Crippen molar-refractivity contribution in [3.8, 4) is 0 Å². The smallest absolute Gasteiger partial charge is 0.238 e. The van der Waals surface area contributed by atoms with Crippen molar-refractivity contribution in [2.75, 3.05) is 6.54 Å². The van der Waals surface area contributed by atoms with E-state index in [2.05, 4.69) is 4.99 Å². The summed E-state index contributed by atoms with van der Waals surface area (Å²) in [5.41, 5.74) is 0.644. The summed E-state index contributed by atoms with van der Waals surface area (Å²) in [4.78, 5) is 28.3. The number of hydrogen-bond acceptors (Lipinski definition) is 5. The molecule has 0 unspecified atom stereocenters. The van der Waals surface area contributed by atoms with Crippen molar-refractivity contribution in [1.82, 2.24) is 0 Å². The molecular weight excluding hydrogens is 328 g/mol. The highest BCUT2D eigenvalue weighted by atomic mass is 32.2. The number of sulfonamides is 1. The van der Waals surface area contributed by atoms with Crippen LogP contribution in [-0.4, -0.2) is 32.7 Å². The number of nitrogens with zero attached hydrogens (tertiary/aromatic N) is 1. The van der Waals surface area contributed by atoms with Gasteiger partial charge in [0.1, 0.15) is 17.5 Å². The standard InChI is InChI=1S/C17H22N2O4S/c1-17(2)9-15(20)14(16(21)10-17)11-19-8-7-12-3-5-13(6-4-12)24(18,22)23/h3-6,11,14H,7-10H2,1-2H3,(H2,18,22,23)/b19-11+. The van der Waals surface area contributed by atoms with Gasteiger partial charge >= 0.3 is 0 Å². The average Bonchev–Trinajstić information content (AvgIpc) is 2.44. The van der Waals surface area contributed by atoms with E-state index in [1.807, 2.05) is 13.8 Å². The van der Waals surface area contributed by atoms with Crippen LogP contribution in [0.25, 0.3) is 0 Å². The van der Waals surface area contributed by atoms with E-state index in [0.717, 1.165) is 5.56 Å². The summed E-state index contributed by atoms with van der Waals surface area (Å²) in [6.07, 6.45) is 2.83. The molecule has 0 saturated heterocycles. The Bertz CT molecular complexity index is 744. The van der Waals surface area contributed by atoms with Crippen LogP contribution in [0.5, 0.6) is 0 Å². The summed E-state index contributed by atoms with van der Waals surface area (Å²) in [6, 6.07) is 6.25. The van der Waals surface area contributed by atoms with Gasteiger partial charge in [0.2, 0.25) is 10.0 Å². The van der Waals surface area contributed by atoms with Crippen molar-refractivity contribution < 1.29 is 18.0 Å². The molecule has 0 radical (unpaired) electrons. The monoisotopic (exact) mass is 350 g/mol. The van der Waals surface area contributed by atoms with Gasteiger partial charge in [-0.15, -0.1) is 0 Å². The normalized spacial score (nSPS) is 19.1. The third-order valence-corrected chi connectivity index (χ3v) is 4.96. The van der Waals surface area contributed by atoms with Crippen molar-refractivity contribution in [3.05, 3.63) is 29.8 Å². The van der Waals surface area contributed by atoms with Gasteiger partial charge in [0, 0.05) is 25.6 Å². The van der Waals surface area contributed by atoms with Gasteiger partial charge in [-0.2, -0.15) is 0 Å². The molecule has 2 rings (SSSR count). The fraction of sp³-hybridized carbons (Fsp3) is 0.471. The van der Waals surface area contributed by atoms with Gasteiger partial charge in [0.05, 0.1) is 4.90 Å². The van der Waals surface area contributed by atoms with Crippen LogP contribution in [0.3, 0.4) is 0 Å². The van der Waals surface area contributed by atoms with Crippen LogP contribution in [0.1, 0.15) is 32.3 Å². The molecule has 0 aliphatic heterocycles. The molecule has 1 aromatic carbocycles. The van der Waals surface area contributed by atoms with Crippen molar-refractivity contribution in [2.24, 2.45) is 21.5 Å². The third-order valence-electron chi connectivity index (χ3n) is 4.04. The Kier molecular flexibility index (Phi) is 5.35. The molecule has 6 nitrogen and oxygen atoms in total. The third kappa shape index (κ3) is 4.82. The zero-order valence-electron chi connectivity index (χ0n) is 13.9. The van der Waals surface area contributed by atoms with E-state index in [-0.39, 0.29) is 21.9 Å². The van der Waals surface area contributed by atoms with E-state index in [1.54, 1.807) is 12.1 Å². The van der Waals surface area contributed by atoms with E-state index in [0.29, 0.717) is 25.8 Å². The summed E-state index contributed by atoms with van der Waals surface area (Å²) < 4.78 is 22.4. The van der Waals surface area contributed by atoms with E-state index < -0.39 is 15.9 Å². The number of benzene rings is 1. The first kappa shape index (κ1) is 18.5. The Labute approximate surface area is 142 Å². The van der Waals surface area contributed by atoms with Crippen molar-refractivity contribution in [3.63, 3.8) is 0 Å². The predicted octanol–water partition coefficient (Wildman–Crippen LogP) is 1.52. The minimum Gasteiger partial charge on any atom is -0.298 e. The second-order valence-corrected chi connectivity index (χ2v) is 8.48. The summed E-state index contributed by atoms with van der Waals surface area (Å²) in [5.74, 6) is -0.863. The van der Waals surface area contributed by atoms with Crippen LogP contribution in [0.2, 0.25) is 0 Å². The zero-order valence-corrected chi connectivity index (χ0v) is 14.7. The SMILES string of the molecule is CC1(C)CC(=O)C(/C=N/CCc2ccc(S(N)(=O)=O)cc2)C(=O)C1. The van der Waals surface area contributed by atoms with E-state index in [9.17, 15) is 18.0 Å². The fourth-order valence-corrected chi connectivity index (χ4v) is 3.31. The Hall–Kier alpha value is -1.86. The quantitative estimate of drug-likeness (QED) is 0.642. The highest BCUT2D eigenvalue weighted by Gasteiger charge is 2.38. The number of ketones is 2. The molecule has 0 atom stereocenters. The topological polar surface area (TPSA) is 107 Å². The van der Waals surface area contributed by atoms with Crippen LogP contribution in [-0.2, 0) is 26.0 Å². The number of aliphatic imine (C=N–C) groups is 1. The van der Waals surface area contributed by atoms with Gasteiger partial charge in [0.25, 0.3) is 0 Å². The van der Waals surface area contributed by atoms with Gasteiger partial charge < -0.3 is 0 Å². The molecular formula is C17H22N2O4S. The Morgan fingerprint density at radius 3 is 2.21 bits per heavy atom. The first-order valence-electron chi connectivity index (χ1n) is 7.76. The number of rotatable bonds is 5. The number of primary sulfonamides is 1. The van der Waals surface area contributed by atoms with E-state index in [4.69, 9.17) is 5.14 Å². The number of hydrogen-bond donors (Lipinski definition) is 1. The summed E-state index contributed by atoms with van der Waals surface area (Å²) in [5, 5.41) is 5.04. The fourth-order valence-electron chi connectivity index (χ4n) is 2.79. The molecule has 0 amide bonds. The molecule has 0 aromatic heterocycles. The minimum absolute atomic E-state index is 0.0655. The molecule has 7 heteroatoms. The van der Waals surface area contributed by atoms with Crippen molar-refractivity contribution >= 4 is 27.8 Å². The van der Waals surface area contributed by atoms with Crippen LogP contribution in [0.15, 0.2) is 34.2 Å². The van der Waals surface area contributed by atoms with Crippen LogP contribution in [0, 0.1) is 11.3 Å². The van der Waals surface area contributed by atoms with Gasteiger partial charge in [-0.25, -0.2) is 13.6 Å². The molecule has 1 saturated carbocycles. The number of carbonyl (C=O) groups is 2. The Balaban J connectivity index is 1.91. The van der Waals surface area contributed by atoms with E-state index >= 15 is 0 Å². The lowest BCUT2D eigenvalue weighted by molar-refractivity contribution is -0.136. The van der Waals surface area contributed by atoms with Gasteiger partial charge in [-0.3, -0.25) is 14.6 Å². The number of nitrogens with two attached hydrogens (primary N) is 1. The predicted molar refractivity (Wildman–Crippen MR) is 91.4 cm³/mol. The highest BCUT2D eigenvalue weighted by molar-refractivity contribution is 7.89. The second-order valence-electron chi connectivity index (χ2n) is 6.92. The van der Waals surface area contributed by atoms with E-state index in [1.165, 1.54) is 18.3 Å². The summed E-state index contributed by atoms with van der Waals surface area (Å²) in [6.45, 7) is 4.26. The molecule has 0 heterocycles. The van der Waals surface area contributed by atoms with Gasteiger partial charge in [-0.1, -0.05) is 26.0 Å². The summed E-state index contributed by atoms with van der Waals surface area (Å²) in [7, 11) is -3.69. The highest BCUT2D eigenvalue weighted by Crippen LogP contribution is 2.33. The number of carbonyl (C=O) groups excluding carboxylic acids is 2. The maximum absolute atomic E-state index is 12.0. The van der Waals surface area contributed by atoms with Crippen LogP contribution < -0.4 is 5.14 Å². The van der Waals surface area contributed by atoms with Gasteiger partial charge in [-0.05, 0) is 29.5 Å². The maximum atomic E-state index is 12.0. The van der Waals surface area contributed by atoms with Crippen molar-refractivity contribution in [1.29, 1.82) is 0 Å². The molecule has 1 fully saturated rings. The second kappa shape index (κ2) is 6.94. The molecule has 0 bridgehead atoms. The molecule has 1 aromatic rings. The maximum Gasteiger partial charge on any atom is 0.238 e. The zero-order chi connectivity index (χ0) is 18.0. The Morgan fingerprint density at radius 1 is 1.17 bits per heavy atom. The molecule has 0 spiro atoms. The largest absolute Gasteiger partial charge is 0.298 e. The number of Topliss-reactive ketones (excluding diaryl/α,β-unsaturated/α-hetero) is 2. The first-order chi connectivity index (χ1) is 11.1. The average molecular weight is 350 g/mol. The van der Waals surface area contributed by atoms with Crippen LogP contribution in [0.4, 0.5) is 0 Å².